The van der Waals surface area contributed by atoms with Gasteiger partial charge in [0.15, 0.2) is 0 Å². The molecule has 25 heavy (non-hydrogen) atoms. The summed E-state index contributed by atoms with van der Waals surface area (Å²) >= 11 is 5.82. The molecule has 1 aliphatic rings. The van der Waals surface area contributed by atoms with E-state index in [1.54, 1.807) is 0 Å². The molecule has 0 spiro atoms. The van der Waals surface area contributed by atoms with Crippen molar-refractivity contribution in [2.45, 2.75) is 13.1 Å². The van der Waals surface area contributed by atoms with E-state index in [1.807, 2.05) is 12.1 Å². The minimum Gasteiger partial charge on any atom is -0.379 e. The van der Waals surface area contributed by atoms with E-state index in [0.717, 1.165) is 38.4 Å². The lowest BCUT2D eigenvalue weighted by atomic mass is 10.1. The number of rotatable bonds is 5. The molecule has 1 N–H and O–H groups in total. The van der Waals surface area contributed by atoms with Crippen molar-refractivity contribution >= 4 is 17.5 Å². The summed E-state index contributed by atoms with van der Waals surface area (Å²) in [5.41, 5.74) is 2.14. The maximum absolute atomic E-state index is 13.7. The number of nitrogens with one attached hydrogen (secondary N) is 1. The third-order valence-electron chi connectivity index (χ3n) is 4.16. The Hall–Kier alpha value is -1.95. The van der Waals surface area contributed by atoms with Gasteiger partial charge in [-0.25, -0.2) is 4.39 Å². The second-order valence-corrected chi connectivity index (χ2v) is 6.45. The molecule has 3 rings (SSSR count). The van der Waals surface area contributed by atoms with Gasteiger partial charge in [-0.1, -0.05) is 35.9 Å². The Morgan fingerprint density at radius 3 is 2.52 bits per heavy atom. The molecule has 1 amide bonds. The number of benzene rings is 2. The van der Waals surface area contributed by atoms with Crippen LogP contribution in [0.15, 0.2) is 42.5 Å². The first kappa shape index (κ1) is 17.9. The fraction of sp³-hybridized carbons (Fsp3) is 0.316. The van der Waals surface area contributed by atoms with Gasteiger partial charge in [-0.05, 0) is 29.3 Å². The quantitative estimate of drug-likeness (QED) is 0.887. The van der Waals surface area contributed by atoms with E-state index in [4.69, 9.17) is 16.3 Å². The summed E-state index contributed by atoms with van der Waals surface area (Å²) in [6.45, 7) is 4.69. The maximum atomic E-state index is 13.7. The molecule has 2 aromatic rings. The first-order valence-corrected chi connectivity index (χ1v) is 8.61. The number of morpholine rings is 1. The van der Waals surface area contributed by atoms with Gasteiger partial charge in [-0.2, -0.15) is 0 Å². The monoisotopic (exact) mass is 362 g/mol. The zero-order valence-electron chi connectivity index (χ0n) is 13.8. The smallest absolute Gasteiger partial charge is 0.254 e. The number of hydrogen-bond donors (Lipinski definition) is 1. The summed E-state index contributed by atoms with van der Waals surface area (Å²) in [4.78, 5) is 14.4. The molecule has 0 unspecified atom stereocenters. The van der Waals surface area contributed by atoms with Crippen molar-refractivity contribution in [2.75, 3.05) is 26.3 Å². The third-order valence-corrected chi connectivity index (χ3v) is 4.39. The van der Waals surface area contributed by atoms with Crippen LogP contribution < -0.4 is 5.32 Å². The number of halogens is 2. The van der Waals surface area contributed by atoms with Gasteiger partial charge in [0.25, 0.3) is 5.91 Å². The molecule has 1 heterocycles. The molecule has 2 aromatic carbocycles. The summed E-state index contributed by atoms with van der Waals surface area (Å²) in [5, 5.41) is 3.05. The number of carbonyl (C=O) groups excluding carboxylic acids is 1. The van der Waals surface area contributed by atoms with Crippen LogP contribution in [0.2, 0.25) is 5.02 Å². The molecule has 0 bridgehead atoms. The van der Waals surface area contributed by atoms with Gasteiger partial charge < -0.3 is 10.1 Å². The van der Waals surface area contributed by atoms with Crippen molar-refractivity contribution in [2.24, 2.45) is 0 Å². The number of hydrogen-bond acceptors (Lipinski definition) is 3. The molecule has 1 saturated heterocycles. The molecular formula is C19H20ClFN2O2. The second kappa shape index (κ2) is 8.43. The summed E-state index contributed by atoms with van der Waals surface area (Å²) < 4.78 is 19.0. The topological polar surface area (TPSA) is 41.6 Å². The van der Waals surface area contributed by atoms with Crippen LogP contribution in [0.5, 0.6) is 0 Å². The Labute approximate surface area is 151 Å². The van der Waals surface area contributed by atoms with Crippen LogP contribution in [-0.4, -0.2) is 37.1 Å². The molecule has 6 heteroatoms. The molecule has 1 fully saturated rings. The standard InChI is InChI=1S/C19H20ClFN2O2/c20-16-5-6-18(21)17(11-16)19(24)22-12-14-1-3-15(4-2-14)13-23-7-9-25-10-8-23/h1-6,11H,7-10,12-13H2,(H,22,24). The Kier molecular flexibility index (Phi) is 6.02. The van der Waals surface area contributed by atoms with Crippen molar-refractivity contribution in [3.63, 3.8) is 0 Å². The molecule has 4 nitrogen and oxygen atoms in total. The van der Waals surface area contributed by atoms with Gasteiger partial charge in [0, 0.05) is 31.2 Å². The summed E-state index contributed by atoms with van der Waals surface area (Å²) in [5.74, 6) is -1.06. The SMILES string of the molecule is O=C(NCc1ccc(CN2CCOCC2)cc1)c1cc(Cl)ccc1F. The van der Waals surface area contributed by atoms with E-state index < -0.39 is 11.7 Å². The van der Waals surface area contributed by atoms with Crippen LogP contribution in [0.4, 0.5) is 4.39 Å². The summed E-state index contributed by atoms with van der Waals surface area (Å²) in [6, 6.07) is 12.0. The number of ether oxygens (including phenoxy) is 1. The van der Waals surface area contributed by atoms with Crippen LogP contribution in [0.1, 0.15) is 21.5 Å². The van der Waals surface area contributed by atoms with Gasteiger partial charge in [0.05, 0.1) is 18.8 Å². The third kappa shape index (κ3) is 5.01. The highest BCUT2D eigenvalue weighted by Gasteiger charge is 2.13. The molecule has 0 aliphatic carbocycles. The first-order chi connectivity index (χ1) is 12.1. The number of carbonyl (C=O) groups is 1. The van der Waals surface area contributed by atoms with Crippen molar-refractivity contribution in [3.05, 3.63) is 70.0 Å². The zero-order chi connectivity index (χ0) is 17.6. The van der Waals surface area contributed by atoms with E-state index in [0.29, 0.717) is 11.6 Å². The van der Waals surface area contributed by atoms with E-state index in [9.17, 15) is 9.18 Å². The zero-order valence-corrected chi connectivity index (χ0v) is 14.6. The lowest BCUT2D eigenvalue weighted by Crippen LogP contribution is -2.35. The van der Waals surface area contributed by atoms with Gasteiger partial charge in [0.2, 0.25) is 0 Å². The van der Waals surface area contributed by atoms with Gasteiger partial charge >= 0.3 is 0 Å². The minimum atomic E-state index is -0.581. The Balaban J connectivity index is 1.54. The van der Waals surface area contributed by atoms with Crippen molar-refractivity contribution in [3.8, 4) is 0 Å². The molecule has 132 valence electrons. The Bertz CT molecular complexity index is 731. The fourth-order valence-corrected chi connectivity index (χ4v) is 2.90. The number of amides is 1. The van der Waals surface area contributed by atoms with Crippen LogP contribution in [0, 0.1) is 5.82 Å². The van der Waals surface area contributed by atoms with E-state index in [-0.39, 0.29) is 5.56 Å². The highest BCUT2D eigenvalue weighted by Crippen LogP contribution is 2.15. The highest BCUT2D eigenvalue weighted by molar-refractivity contribution is 6.31. The number of nitrogens with zero attached hydrogens (tertiary/aromatic N) is 1. The Morgan fingerprint density at radius 1 is 1.12 bits per heavy atom. The molecule has 0 atom stereocenters. The second-order valence-electron chi connectivity index (χ2n) is 6.01. The lowest BCUT2D eigenvalue weighted by Gasteiger charge is -2.26. The fourth-order valence-electron chi connectivity index (χ4n) is 2.73. The van der Waals surface area contributed by atoms with Crippen LogP contribution >= 0.6 is 11.6 Å². The molecule has 0 saturated carbocycles. The van der Waals surface area contributed by atoms with Gasteiger partial charge in [-0.15, -0.1) is 0 Å². The molecule has 0 radical (unpaired) electrons. The van der Waals surface area contributed by atoms with Crippen molar-refractivity contribution in [1.29, 1.82) is 0 Å². The molecule has 1 aliphatic heterocycles. The van der Waals surface area contributed by atoms with Crippen LogP contribution in [0.3, 0.4) is 0 Å². The van der Waals surface area contributed by atoms with E-state index in [1.165, 1.54) is 23.8 Å². The van der Waals surface area contributed by atoms with Gasteiger partial charge in [-0.3, -0.25) is 9.69 Å². The maximum Gasteiger partial charge on any atom is 0.254 e. The normalized spacial score (nSPS) is 15.1. The van der Waals surface area contributed by atoms with Gasteiger partial charge in [0.1, 0.15) is 5.82 Å². The highest BCUT2D eigenvalue weighted by atomic mass is 35.5. The average molecular weight is 363 g/mol. The summed E-state index contributed by atoms with van der Waals surface area (Å²) in [6.07, 6.45) is 0. The minimum absolute atomic E-state index is 0.0450. The predicted octanol–water partition coefficient (Wildman–Crippen LogP) is 3.24. The molecular weight excluding hydrogens is 343 g/mol. The van der Waals surface area contributed by atoms with E-state index in [2.05, 4.69) is 22.3 Å². The lowest BCUT2D eigenvalue weighted by molar-refractivity contribution is 0.0342. The van der Waals surface area contributed by atoms with Crippen LogP contribution in [0.25, 0.3) is 0 Å². The average Bonchev–Trinajstić information content (AvgIpc) is 2.64. The molecule has 0 aromatic heterocycles. The summed E-state index contributed by atoms with van der Waals surface area (Å²) in [7, 11) is 0. The van der Waals surface area contributed by atoms with Crippen molar-refractivity contribution < 1.29 is 13.9 Å². The van der Waals surface area contributed by atoms with Crippen molar-refractivity contribution in [1.82, 2.24) is 10.2 Å². The predicted molar refractivity (Wildman–Crippen MR) is 95.1 cm³/mol. The largest absolute Gasteiger partial charge is 0.379 e. The Morgan fingerprint density at radius 2 is 1.80 bits per heavy atom. The first-order valence-electron chi connectivity index (χ1n) is 8.23. The van der Waals surface area contributed by atoms with Crippen LogP contribution in [-0.2, 0) is 17.8 Å². The van der Waals surface area contributed by atoms with E-state index >= 15 is 0 Å².